The van der Waals surface area contributed by atoms with Crippen LogP contribution in [0.15, 0.2) is 11.9 Å². The van der Waals surface area contributed by atoms with Crippen molar-refractivity contribution in [3.05, 3.63) is 11.9 Å². The topological polar surface area (TPSA) is 105 Å². The van der Waals surface area contributed by atoms with Crippen LogP contribution in [0.25, 0.3) is 0 Å². The van der Waals surface area contributed by atoms with E-state index in [4.69, 9.17) is 21.6 Å². The van der Waals surface area contributed by atoms with E-state index in [1.165, 1.54) is 5.01 Å². The number of esters is 1. The lowest BCUT2D eigenvalue weighted by atomic mass is 10.2. The van der Waals surface area contributed by atoms with E-state index in [1.807, 2.05) is 6.07 Å². The van der Waals surface area contributed by atoms with Gasteiger partial charge in [0.1, 0.15) is 0 Å². The number of unbranched alkanes of at least 4 members (excludes halogenated alkanes) is 2. The van der Waals surface area contributed by atoms with Gasteiger partial charge in [-0.25, -0.2) is 10.6 Å². The van der Waals surface area contributed by atoms with Crippen molar-refractivity contribution in [2.75, 3.05) is 13.2 Å². The first-order valence-electron chi connectivity index (χ1n) is 5.15. The van der Waals surface area contributed by atoms with E-state index in [9.17, 15) is 4.79 Å². The lowest BCUT2D eigenvalue weighted by molar-refractivity contribution is -0.140. The molecule has 0 amide bonds. The van der Waals surface area contributed by atoms with Crippen LogP contribution in [0, 0.1) is 11.3 Å². The summed E-state index contributed by atoms with van der Waals surface area (Å²) in [6.45, 7) is 2.45. The molecule has 0 aliphatic heterocycles. The van der Waals surface area contributed by atoms with Crippen LogP contribution >= 0.6 is 0 Å². The zero-order chi connectivity index (χ0) is 12.4. The summed E-state index contributed by atoms with van der Waals surface area (Å²) in [7, 11) is 0. The van der Waals surface area contributed by atoms with Gasteiger partial charge in [-0.05, 0) is 19.8 Å². The molecule has 0 fully saturated rings. The highest BCUT2D eigenvalue weighted by molar-refractivity contribution is 5.87. The molecule has 0 aromatic carbocycles. The quantitative estimate of drug-likeness (QED) is 0.211. The summed E-state index contributed by atoms with van der Waals surface area (Å²) in [5.41, 5.74) is 5.44. The van der Waals surface area contributed by atoms with Gasteiger partial charge in [0.25, 0.3) is 0 Å². The molecule has 90 valence electrons. The Labute approximate surface area is 95.4 Å². The molecule has 0 aliphatic carbocycles. The van der Waals surface area contributed by atoms with Crippen LogP contribution in [-0.2, 0) is 9.53 Å². The van der Waals surface area contributed by atoms with Crippen LogP contribution in [0.3, 0.4) is 0 Å². The number of nitrogens with zero attached hydrogens (tertiary/aromatic N) is 2. The van der Waals surface area contributed by atoms with E-state index in [1.54, 1.807) is 6.92 Å². The second-order valence-corrected chi connectivity index (χ2v) is 3.08. The minimum atomic E-state index is -0.534. The largest absolute Gasteiger partial charge is 0.461 e. The summed E-state index contributed by atoms with van der Waals surface area (Å²) in [6, 6.07) is 2.04. The average Bonchev–Trinajstić information content (AvgIpc) is 2.26. The molecule has 0 unspecified atom stereocenters. The molecule has 0 aromatic heterocycles. The van der Waals surface area contributed by atoms with Crippen molar-refractivity contribution >= 4 is 5.97 Å². The maximum absolute atomic E-state index is 11.4. The molecule has 4 N–H and O–H groups in total. The molecule has 6 heteroatoms. The van der Waals surface area contributed by atoms with Crippen molar-refractivity contribution in [3.8, 4) is 6.07 Å². The highest BCUT2D eigenvalue weighted by Crippen LogP contribution is 2.03. The molecule has 16 heavy (non-hydrogen) atoms. The molecule has 0 spiro atoms. The lowest BCUT2D eigenvalue weighted by Crippen LogP contribution is -2.36. The van der Waals surface area contributed by atoms with E-state index in [0.29, 0.717) is 13.0 Å². The van der Waals surface area contributed by atoms with Gasteiger partial charge in [-0.1, -0.05) is 0 Å². The van der Waals surface area contributed by atoms with Crippen LogP contribution in [0.1, 0.15) is 26.2 Å². The van der Waals surface area contributed by atoms with E-state index < -0.39 is 5.97 Å². The van der Waals surface area contributed by atoms with Crippen LogP contribution in [0.5, 0.6) is 0 Å². The first-order chi connectivity index (χ1) is 7.67. The summed E-state index contributed by atoms with van der Waals surface area (Å²) in [5, 5.41) is 9.59. The van der Waals surface area contributed by atoms with Gasteiger partial charge in [-0.3, -0.25) is 0 Å². The second-order valence-electron chi connectivity index (χ2n) is 3.08. The molecule has 0 saturated carbocycles. The van der Waals surface area contributed by atoms with Crippen LogP contribution in [-0.4, -0.2) is 24.1 Å². The Morgan fingerprint density at radius 3 is 2.75 bits per heavy atom. The molecular formula is C10H18N4O2. The highest BCUT2D eigenvalue weighted by atomic mass is 16.5. The van der Waals surface area contributed by atoms with E-state index >= 15 is 0 Å². The van der Waals surface area contributed by atoms with Gasteiger partial charge in [-0.2, -0.15) is 5.26 Å². The van der Waals surface area contributed by atoms with Gasteiger partial charge in [-0.15, -0.1) is 0 Å². The third-order valence-electron chi connectivity index (χ3n) is 1.89. The van der Waals surface area contributed by atoms with Gasteiger partial charge in [0, 0.05) is 19.2 Å². The summed E-state index contributed by atoms with van der Waals surface area (Å²) >= 11 is 0. The number of nitrogens with two attached hydrogens (primary N) is 2. The molecule has 0 bridgehead atoms. The smallest absolute Gasteiger partial charge is 0.357 e. The molecule has 0 aliphatic rings. The molecule has 0 saturated heterocycles. The number of hydrogen-bond donors (Lipinski definition) is 2. The van der Waals surface area contributed by atoms with Gasteiger partial charge in [0.15, 0.2) is 5.70 Å². The maximum Gasteiger partial charge on any atom is 0.357 e. The van der Waals surface area contributed by atoms with Crippen molar-refractivity contribution in [2.45, 2.75) is 26.2 Å². The lowest BCUT2D eigenvalue weighted by Gasteiger charge is -2.19. The fourth-order valence-electron chi connectivity index (χ4n) is 1.09. The van der Waals surface area contributed by atoms with Crippen molar-refractivity contribution < 1.29 is 9.53 Å². The predicted molar refractivity (Wildman–Crippen MR) is 59.3 cm³/mol. The van der Waals surface area contributed by atoms with E-state index in [0.717, 1.165) is 19.0 Å². The van der Waals surface area contributed by atoms with Crippen LogP contribution in [0.4, 0.5) is 0 Å². The first kappa shape index (κ1) is 14.3. The zero-order valence-electron chi connectivity index (χ0n) is 9.48. The Balaban J connectivity index is 4.08. The first-order valence-corrected chi connectivity index (χ1v) is 5.15. The Bertz CT molecular complexity index is 283. The molecule has 0 radical (unpaired) electrons. The van der Waals surface area contributed by atoms with Crippen molar-refractivity contribution in [2.24, 2.45) is 11.6 Å². The zero-order valence-corrected chi connectivity index (χ0v) is 9.48. The Hall–Kier alpha value is -1.74. The number of hydrazine groups is 1. The van der Waals surface area contributed by atoms with Crippen LogP contribution in [0.2, 0.25) is 0 Å². The van der Waals surface area contributed by atoms with Crippen molar-refractivity contribution in [3.63, 3.8) is 0 Å². The fraction of sp³-hybridized carbons (Fsp3) is 0.600. The van der Waals surface area contributed by atoms with Gasteiger partial charge in [0.05, 0.1) is 12.7 Å². The standard InChI is InChI=1S/C10H18N4O2/c1-2-16-10(15)9(8-12)14(13)7-5-3-4-6-11/h8H,2-5,7,12-13H2,1H3/b9-8-. The predicted octanol–water partition coefficient (Wildman–Crippen LogP) is 0.219. The third kappa shape index (κ3) is 5.22. The molecule has 0 heterocycles. The van der Waals surface area contributed by atoms with Gasteiger partial charge < -0.3 is 15.5 Å². The molecule has 0 atom stereocenters. The van der Waals surface area contributed by atoms with Gasteiger partial charge >= 0.3 is 5.97 Å². The van der Waals surface area contributed by atoms with E-state index in [-0.39, 0.29) is 12.3 Å². The number of hydrogen-bond acceptors (Lipinski definition) is 6. The second kappa shape index (κ2) is 8.56. The summed E-state index contributed by atoms with van der Waals surface area (Å²) in [6.07, 6.45) is 3.07. The van der Waals surface area contributed by atoms with Crippen molar-refractivity contribution in [1.29, 1.82) is 5.26 Å². The maximum atomic E-state index is 11.4. The van der Waals surface area contributed by atoms with E-state index in [2.05, 4.69) is 0 Å². The van der Waals surface area contributed by atoms with Crippen LogP contribution < -0.4 is 11.6 Å². The third-order valence-corrected chi connectivity index (χ3v) is 1.89. The Morgan fingerprint density at radius 2 is 2.25 bits per heavy atom. The molecule has 6 nitrogen and oxygen atoms in total. The summed E-state index contributed by atoms with van der Waals surface area (Å²) < 4.78 is 4.78. The number of carbonyl (C=O) groups excluding carboxylic acids is 1. The SMILES string of the molecule is CCOC(=O)/C(=C/N)N(N)CCCCC#N. The Morgan fingerprint density at radius 1 is 1.56 bits per heavy atom. The highest BCUT2D eigenvalue weighted by Gasteiger charge is 2.14. The minimum absolute atomic E-state index is 0.138. The number of ether oxygens (including phenoxy) is 1. The van der Waals surface area contributed by atoms with Crippen molar-refractivity contribution in [1.82, 2.24) is 5.01 Å². The minimum Gasteiger partial charge on any atom is -0.461 e. The van der Waals surface area contributed by atoms with Gasteiger partial charge in [0.2, 0.25) is 0 Å². The summed E-state index contributed by atoms with van der Waals surface area (Å²) in [4.78, 5) is 11.4. The Kier molecular flexibility index (Phi) is 7.63. The molecule has 0 rings (SSSR count). The number of carbonyl (C=O) groups is 1. The molecular weight excluding hydrogens is 208 g/mol. The number of rotatable bonds is 7. The summed E-state index contributed by atoms with van der Waals surface area (Å²) in [5.74, 6) is 5.11. The molecule has 0 aromatic rings. The monoisotopic (exact) mass is 226 g/mol. The average molecular weight is 226 g/mol. The fourth-order valence-corrected chi connectivity index (χ4v) is 1.09. The number of nitriles is 1. The normalized spacial score (nSPS) is 10.7.